The zero-order valence-corrected chi connectivity index (χ0v) is 13.1. The molecule has 0 aromatic carbocycles. The SMILES string of the molecule is CC(=O)N1CCC[C@@H]1c1cnc(N2CCCCC2)cc1C. The lowest BCUT2D eigenvalue weighted by Gasteiger charge is -2.29. The Bertz CT molecular complexity index is 523. The van der Waals surface area contributed by atoms with Crippen LogP contribution < -0.4 is 4.90 Å². The van der Waals surface area contributed by atoms with Gasteiger partial charge in [-0.25, -0.2) is 4.98 Å². The molecule has 1 aromatic rings. The largest absolute Gasteiger partial charge is 0.357 e. The molecule has 2 aliphatic heterocycles. The van der Waals surface area contributed by atoms with Gasteiger partial charge in [-0.2, -0.15) is 0 Å². The molecular formula is C17H25N3O. The molecule has 0 aliphatic carbocycles. The van der Waals surface area contributed by atoms with Gasteiger partial charge in [0.2, 0.25) is 5.91 Å². The average molecular weight is 287 g/mol. The van der Waals surface area contributed by atoms with Crippen LogP contribution in [0.1, 0.15) is 56.2 Å². The number of carbonyl (C=O) groups excluding carboxylic acids is 1. The highest BCUT2D eigenvalue weighted by atomic mass is 16.2. The summed E-state index contributed by atoms with van der Waals surface area (Å²) in [6.45, 7) is 6.95. The number of amides is 1. The van der Waals surface area contributed by atoms with Crippen molar-refractivity contribution in [1.29, 1.82) is 0 Å². The van der Waals surface area contributed by atoms with E-state index in [1.165, 1.54) is 30.4 Å². The minimum absolute atomic E-state index is 0.178. The second-order valence-corrected chi connectivity index (χ2v) is 6.32. The minimum atomic E-state index is 0.178. The fraction of sp³-hybridized carbons (Fsp3) is 0.647. The molecule has 114 valence electrons. The Kier molecular flexibility index (Phi) is 4.13. The fourth-order valence-electron chi connectivity index (χ4n) is 3.66. The van der Waals surface area contributed by atoms with Gasteiger partial charge in [0.15, 0.2) is 0 Å². The highest BCUT2D eigenvalue weighted by Gasteiger charge is 2.29. The maximum Gasteiger partial charge on any atom is 0.219 e. The van der Waals surface area contributed by atoms with E-state index in [4.69, 9.17) is 0 Å². The summed E-state index contributed by atoms with van der Waals surface area (Å²) in [6.07, 6.45) is 8.03. The van der Waals surface area contributed by atoms with Crippen molar-refractivity contribution in [3.05, 3.63) is 23.4 Å². The third-order valence-corrected chi connectivity index (χ3v) is 4.83. The van der Waals surface area contributed by atoms with Crippen LogP contribution in [0.25, 0.3) is 0 Å². The third kappa shape index (κ3) is 2.89. The molecule has 0 spiro atoms. The number of carbonyl (C=O) groups is 1. The Hall–Kier alpha value is -1.58. The minimum Gasteiger partial charge on any atom is -0.357 e. The van der Waals surface area contributed by atoms with Crippen molar-refractivity contribution in [2.24, 2.45) is 0 Å². The third-order valence-electron chi connectivity index (χ3n) is 4.83. The molecule has 0 unspecified atom stereocenters. The summed E-state index contributed by atoms with van der Waals surface area (Å²) in [7, 11) is 0. The van der Waals surface area contributed by atoms with Crippen molar-refractivity contribution in [3.63, 3.8) is 0 Å². The molecule has 0 bridgehead atoms. The molecule has 21 heavy (non-hydrogen) atoms. The molecule has 3 rings (SSSR count). The lowest BCUT2D eigenvalue weighted by atomic mass is 10.0. The van der Waals surface area contributed by atoms with Gasteiger partial charge >= 0.3 is 0 Å². The molecule has 2 fully saturated rings. The topological polar surface area (TPSA) is 36.4 Å². The second-order valence-electron chi connectivity index (χ2n) is 6.32. The lowest BCUT2D eigenvalue weighted by Crippen LogP contribution is -2.31. The van der Waals surface area contributed by atoms with Gasteiger partial charge in [0.25, 0.3) is 0 Å². The monoisotopic (exact) mass is 287 g/mol. The zero-order chi connectivity index (χ0) is 14.8. The van der Waals surface area contributed by atoms with Crippen LogP contribution in [-0.2, 0) is 4.79 Å². The second kappa shape index (κ2) is 6.04. The Morgan fingerprint density at radius 3 is 2.62 bits per heavy atom. The zero-order valence-electron chi connectivity index (χ0n) is 13.1. The molecule has 4 heteroatoms. The number of hydrogen-bond acceptors (Lipinski definition) is 3. The molecule has 0 saturated carbocycles. The summed E-state index contributed by atoms with van der Waals surface area (Å²) in [5, 5.41) is 0. The Balaban J connectivity index is 1.82. The normalized spacial score (nSPS) is 22.7. The molecular weight excluding hydrogens is 262 g/mol. The molecule has 2 saturated heterocycles. The van der Waals surface area contributed by atoms with E-state index < -0.39 is 0 Å². The van der Waals surface area contributed by atoms with E-state index in [0.717, 1.165) is 38.3 Å². The summed E-state index contributed by atoms with van der Waals surface area (Å²) < 4.78 is 0. The predicted octanol–water partition coefficient (Wildman–Crippen LogP) is 3.06. The van der Waals surface area contributed by atoms with Crippen LogP contribution in [0.3, 0.4) is 0 Å². The van der Waals surface area contributed by atoms with Crippen LogP contribution in [0.4, 0.5) is 5.82 Å². The van der Waals surface area contributed by atoms with Gasteiger partial charge in [-0.05, 0) is 56.2 Å². The van der Waals surface area contributed by atoms with Gasteiger partial charge in [-0.1, -0.05) is 0 Å². The first-order valence-electron chi connectivity index (χ1n) is 8.15. The molecule has 0 N–H and O–H groups in total. The Labute approximate surface area is 127 Å². The van der Waals surface area contributed by atoms with Crippen molar-refractivity contribution in [2.75, 3.05) is 24.5 Å². The van der Waals surface area contributed by atoms with E-state index in [1.54, 1.807) is 6.92 Å². The number of anilines is 1. The molecule has 4 nitrogen and oxygen atoms in total. The van der Waals surface area contributed by atoms with Gasteiger partial charge < -0.3 is 9.80 Å². The number of rotatable bonds is 2. The number of aromatic nitrogens is 1. The van der Waals surface area contributed by atoms with Crippen molar-refractivity contribution in [1.82, 2.24) is 9.88 Å². The van der Waals surface area contributed by atoms with E-state index in [0.29, 0.717) is 0 Å². The van der Waals surface area contributed by atoms with Crippen LogP contribution >= 0.6 is 0 Å². The van der Waals surface area contributed by atoms with Crippen LogP contribution in [-0.4, -0.2) is 35.4 Å². The first-order valence-corrected chi connectivity index (χ1v) is 8.15. The summed E-state index contributed by atoms with van der Waals surface area (Å²) in [4.78, 5) is 20.8. The number of likely N-dealkylation sites (tertiary alicyclic amines) is 1. The van der Waals surface area contributed by atoms with Gasteiger partial charge in [0.1, 0.15) is 5.82 Å². The molecule has 1 amide bonds. The summed E-state index contributed by atoms with van der Waals surface area (Å²) in [5.41, 5.74) is 2.49. The van der Waals surface area contributed by atoms with Gasteiger partial charge in [0, 0.05) is 32.8 Å². The first kappa shape index (κ1) is 14.4. The maximum atomic E-state index is 11.8. The highest BCUT2D eigenvalue weighted by Crippen LogP contribution is 2.34. The first-order chi connectivity index (χ1) is 10.2. The number of hydrogen-bond donors (Lipinski definition) is 0. The molecule has 3 heterocycles. The smallest absolute Gasteiger partial charge is 0.219 e. The summed E-state index contributed by atoms with van der Waals surface area (Å²) in [5.74, 6) is 1.28. The van der Waals surface area contributed by atoms with E-state index in [1.807, 2.05) is 11.1 Å². The van der Waals surface area contributed by atoms with Gasteiger partial charge in [0.05, 0.1) is 6.04 Å². The van der Waals surface area contributed by atoms with Crippen molar-refractivity contribution in [2.45, 2.75) is 52.0 Å². The van der Waals surface area contributed by atoms with E-state index in [-0.39, 0.29) is 11.9 Å². The quantitative estimate of drug-likeness (QED) is 0.839. The number of piperidine rings is 1. The highest BCUT2D eigenvalue weighted by molar-refractivity contribution is 5.74. The van der Waals surface area contributed by atoms with Crippen LogP contribution in [0.5, 0.6) is 0 Å². The average Bonchev–Trinajstić information content (AvgIpc) is 2.97. The van der Waals surface area contributed by atoms with Crippen LogP contribution in [0.2, 0.25) is 0 Å². The lowest BCUT2D eigenvalue weighted by molar-refractivity contribution is -0.129. The molecule has 1 aromatic heterocycles. The number of aryl methyl sites for hydroxylation is 1. The summed E-state index contributed by atoms with van der Waals surface area (Å²) in [6, 6.07) is 2.43. The van der Waals surface area contributed by atoms with Gasteiger partial charge in [-0.3, -0.25) is 4.79 Å². The number of nitrogens with zero attached hydrogens (tertiary/aromatic N) is 3. The molecule has 1 atom stereocenters. The van der Waals surface area contributed by atoms with E-state index in [2.05, 4.69) is 22.9 Å². The fourth-order valence-corrected chi connectivity index (χ4v) is 3.66. The molecule has 0 radical (unpaired) electrons. The maximum absolute atomic E-state index is 11.8. The van der Waals surface area contributed by atoms with E-state index >= 15 is 0 Å². The van der Waals surface area contributed by atoms with Crippen molar-refractivity contribution in [3.8, 4) is 0 Å². The predicted molar refractivity (Wildman–Crippen MR) is 84.4 cm³/mol. The molecule has 2 aliphatic rings. The Morgan fingerprint density at radius 2 is 1.95 bits per heavy atom. The van der Waals surface area contributed by atoms with Crippen molar-refractivity contribution >= 4 is 11.7 Å². The van der Waals surface area contributed by atoms with Gasteiger partial charge in [-0.15, -0.1) is 0 Å². The van der Waals surface area contributed by atoms with Crippen LogP contribution in [0, 0.1) is 6.92 Å². The van der Waals surface area contributed by atoms with E-state index in [9.17, 15) is 4.79 Å². The van der Waals surface area contributed by atoms with Crippen molar-refractivity contribution < 1.29 is 4.79 Å². The summed E-state index contributed by atoms with van der Waals surface area (Å²) >= 11 is 0. The number of pyridine rings is 1. The Morgan fingerprint density at radius 1 is 1.19 bits per heavy atom. The standard InChI is InChI=1S/C17H25N3O/c1-13-11-17(19-8-4-3-5-9-19)18-12-15(13)16-7-6-10-20(16)14(2)21/h11-12,16H,3-10H2,1-2H3/t16-/m1/s1. The van der Waals surface area contributed by atoms with Crippen LogP contribution in [0.15, 0.2) is 12.3 Å².